The summed E-state index contributed by atoms with van der Waals surface area (Å²) in [6.07, 6.45) is 0.853. The number of aryl methyl sites for hydroxylation is 2. The average molecular weight is 356 g/mol. The van der Waals surface area contributed by atoms with Crippen molar-refractivity contribution in [3.63, 3.8) is 0 Å². The third-order valence-corrected chi connectivity index (χ3v) is 5.04. The van der Waals surface area contributed by atoms with Crippen LogP contribution in [0.4, 0.5) is 0 Å². The van der Waals surface area contributed by atoms with Gasteiger partial charge in [-0.15, -0.1) is 11.3 Å². The van der Waals surface area contributed by atoms with Gasteiger partial charge in [0.05, 0.1) is 10.3 Å². The number of nitrogens with zero attached hydrogens (tertiary/aromatic N) is 2. The van der Waals surface area contributed by atoms with E-state index in [1.807, 2.05) is 13.0 Å². The number of fused-ring (bicyclic) bond motifs is 1. The molecule has 0 unspecified atom stereocenters. The lowest BCUT2D eigenvalue weighted by atomic mass is 10.1. The van der Waals surface area contributed by atoms with Gasteiger partial charge < -0.3 is 4.74 Å². The lowest BCUT2D eigenvalue weighted by Crippen LogP contribution is -2.24. The third-order valence-electron chi connectivity index (χ3n) is 3.77. The van der Waals surface area contributed by atoms with Crippen molar-refractivity contribution >= 4 is 33.9 Å². The second-order valence-corrected chi connectivity index (χ2v) is 6.61. The van der Waals surface area contributed by atoms with Crippen LogP contribution in [-0.2, 0) is 18.2 Å². The van der Waals surface area contributed by atoms with E-state index in [-0.39, 0.29) is 23.6 Å². The zero-order valence-electron chi connectivity index (χ0n) is 13.8. The zero-order valence-corrected chi connectivity index (χ0v) is 14.6. The first-order chi connectivity index (χ1) is 12.0. The molecule has 0 atom stereocenters. The molecule has 6 nitrogen and oxygen atoms in total. The first-order valence-corrected chi connectivity index (χ1v) is 8.58. The van der Waals surface area contributed by atoms with Crippen molar-refractivity contribution in [3.8, 4) is 0 Å². The smallest absolute Gasteiger partial charge is 0.359 e. The van der Waals surface area contributed by atoms with Crippen LogP contribution in [-0.4, -0.2) is 28.1 Å². The van der Waals surface area contributed by atoms with Gasteiger partial charge in [0.1, 0.15) is 0 Å². The van der Waals surface area contributed by atoms with Crippen LogP contribution >= 0.6 is 11.3 Å². The Balaban J connectivity index is 1.82. The van der Waals surface area contributed by atoms with Gasteiger partial charge in [-0.05, 0) is 24.6 Å². The molecule has 0 N–H and O–H groups in total. The van der Waals surface area contributed by atoms with E-state index in [1.165, 1.54) is 18.4 Å². The van der Waals surface area contributed by atoms with Crippen molar-refractivity contribution in [3.05, 3.63) is 62.2 Å². The van der Waals surface area contributed by atoms with Crippen LogP contribution in [0.1, 0.15) is 32.0 Å². The van der Waals surface area contributed by atoms with Gasteiger partial charge in [0.15, 0.2) is 12.3 Å². The zero-order chi connectivity index (χ0) is 18.0. The van der Waals surface area contributed by atoms with Gasteiger partial charge >= 0.3 is 5.97 Å². The van der Waals surface area contributed by atoms with Crippen LogP contribution < -0.4 is 5.56 Å². The molecule has 0 fully saturated rings. The standard InChI is InChI=1S/C18H16N2O4S/c1-3-11-8-9-15(25-11)14(21)10-24-18(23)16-12-6-4-5-7-13(12)17(22)20(2)19-16/h4-9H,3,10H2,1-2H3. The van der Waals surface area contributed by atoms with E-state index in [0.29, 0.717) is 15.6 Å². The minimum atomic E-state index is -0.729. The van der Waals surface area contributed by atoms with Crippen molar-refractivity contribution in [1.29, 1.82) is 0 Å². The minimum Gasteiger partial charge on any atom is -0.452 e. The molecular formula is C18H16N2O4S. The SMILES string of the molecule is CCc1ccc(C(=O)COC(=O)c2nn(C)c(=O)c3ccccc23)s1. The van der Waals surface area contributed by atoms with Gasteiger partial charge in [-0.1, -0.05) is 25.1 Å². The number of hydrogen-bond acceptors (Lipinski definition) is 6. The molecule has 25 heavy (non-hydrogen) atoms. The summed E-state index contributed by atoms with van der Waals surface area (Å²) >= 11 is 1.39. The van der Waals surface area contributed by atoms with E-state index in [1.54, 1.807) is 30.3 Å². The molecule has 0 aliphatic heterocycles. The lowest BCUT2D eigenvalue weighted by Gasteiger charge is -2.07. The molecule has 3 rings (SSSR count). The van der Waals surface area contributed by atoms with E-state index in [0.717, 1.165) is 16.0 Å². The monoisotopic (exact) mass is 356 g/mol. The van der Waals surface area contributed by atoms with E-state index < -0.39 is 5.97 Å². The van der Waals surface area contributed by atoms with Gasteiger partial charge in [0, 0.05) is 17.3 Å². The second kappa shape index (κ2) is 6.98. The molecule has 1 aromatic carbocycles. The number of carbonyl (C=O) groups is 2. The van der Waals surface area contributed by atoms with Gasteiger partial charge in [0.25, 0.3) is 5.56 Å². The van der Waals surface area contributed by atoms with Gasteiger partial charge in [0.2, 0.25) is 5.78 Å². The number of hydrogen-bond donors (Lipinski definition) is 0. The van der Waals surface area contributed by atoms with Crippen LogP contribution in [0, 0.1) is 0 Å². The molecule has 7 heteroatoms. The predicted molar refractivity (Wildman–Crippen MR) is 95.3 cm³/mol. The third kappa shape index (κ3) is 3.36. The normalized spacial score (nSPS) is 10.8. The highest BCUT2D eigenvalue weighted by Crippen LogP contribution is 2.18. The van der Waals surface area contributed by atoms with Gasteiger partial charge in [-0.3, -0.25) is 9.59 Å². The summed E-state index contributed by atoms with van der Waals surface area (Å²) in [5.41, 5.74) is -0.278. The number of aromatic nitrogens is 2. The Bertz CT molecular complexity index is 1020. The molecule has 0 aliphatic carbocycles. The molecule has 0 saturated carbocycles. The first kappa shape index (κ1) is 17.0. The fourth-order valence-electron chi connectivity index (χ4n) is 2.44. The molecule has 0 spiro atoms. The molecule has 2 heterocycles. The molecule has 0 bridgehead atoms. The van der Waals surface area contributed by atoms with Crippen LogP contribution in [0.2, 0.25) is 0 Å². The number of ether oxygens (including phenoxy) is 1. The number of thiophene rings is 1. The van der Waals surface area contributed by atoms with Crippen LogP contribution in [0.25, 0.3) is 10.8 Å². The Labute approximate surface area is 147 Å². The highest BCUT2D eigenvalue weighted by atomic mass is 32.1. The number of rotatable bonds is 5. The first-order valence-electron chi connectivity index (χ1n) is 7.76. The van der Waals surface area contributed by atoms with Crippen molar-refractivity contribution in [2.45, 2.75) is 13.3 Å². The Morgan fingerprint density at radius 3 is 2.56 bits per heavy atom. The molecule has 0 aliphatic rings. The second-order valence-electron chi connectivity index (χ2n) is 5.44. The molecule has 0 amide bonds. The highest BCUT2D eigenvalue weighted by Gasteiger charge is 2.19. The number of ketones is 1. The fraction of sp³-hybridized carbons (Fsp3) is 0.222. The maximum absolute atomic E-state index is 12.4. The van der Waals surface area contributed by atoms with E-state index in [2.05, 4.69) is 5.10 Å². The Hall–Kier alpha value is -2.80. The van der Waals surface area contributed by atoms with Crippen LogP contribution in [0.15, 0.2) is 41.2 Å². The maximum Gasteiger partial charge on any atom is 0.359 e. The van der Waals surface area contributed by atoms with E-state index >= 15 is 0 Å². The lowest BCUT2D eigenvalue weighted by molar-refractivity contribution is 0.0470. The van der Waals surface area contributed by atoms with Gasteiger partial charge in [-0.2, -0.15) is 5.10 Å². The van der Waals surface area contributed by atoms with Crippen molar-refractivity contribution in [1.82, 2.24) is 9.78 Å². The highest BCUT2D eigenvalue weighted by molar-refractivity contribution is 7.14. The van der Waals surface area contributed by atoms with E-state index in [4.69, 9.17) is 4.74 Å². The Morgan fingerprint density at radius 1 is 1.16 bits per heavy atom. The topological polar surface area (TPSA) is 78.3 Å². The van der Waals surface area contributed by atoms with E-state index in [9.17, 15) is 14.4 Å². The molecule has 3 aromatic rings. The number of Topliss-reactive ketones (excluding diaryl/α,β-unsaturated/α-hetero) is 1. The van der Waals surface area contributed by atoms with Crippen molar-refractivity contribution in [2.24, 2.45) is 7.05 Å². The number of esters is 1. The molecular weight excluding hydrogens is 340 g/mol. The van der Waals surface area contributed by atoms with Gasteiger partial charge in [-0.25, -0.2) is 9.48 Å². The quantitative estimate of drug-likeness (QED) is 0.519. The molecule has 128 valence electrons. The van der Waals surface area contributed by atoms with Crippen molar-refractivity contribution < 1.29 is 14.3 Å². The fourth-order valence-corrected chi connectivity index (χ4v) is 3.31. The predicted octanol–water partition coefficient (Wildman–Crippen LogP) is 2.60. The van der Waals surface area contributed by atoms with Crippen LogP contribution in [0.5, 0.6) is 0 Å². The summed E-state index contributed by atoms with van der Waals surface area (Å²) in [5.74, 6) is -0.986. The molecule has 2 aromatic heterocycles. The summed E-state index contributed by atoms with van der Waals surface area (Å²) in [6, 6.07) is 10.3. The summed E-state index contributed by atoms with van der Waals surface area (Å²) in [7, 11) is 1.47. The Morgan fingerprint density at radius 2 is 1.88 bits per heavy atom. The molecule has 0 radical (unpaired) electrons. The molecule has 0 saturated heterocycles. The average Bonchev–Trinajstić information content (AvgIpc) is 3.11. The Kier molecular flexibility index (Phi) is 4.76. The minimum absolute atomic E-state index is 0.0194. The summed E-state index contributed by atoms with van der Waals surface area (Å²) < 4.78 is 6.22. The van der Waals surface area contributed by atoms with Crippen LogP contribution in [0.3, 0.4) is 0 Å². The number of carbonyl (C=O) groups excluding carboxylic acids is 2. The number of benzene rings is 1. The largest absolute Gasteiger partial charge is 0.452 e. The maximum atomic E-state index is 12.4. The summed E-state index contributed by atoms with van der Waals surface area (Å²) in [4.78, 5) is 38.3. The van der Waals surface area contributed by atoms with Crippen molar-refractivity contribution in [2.75, 3.05) is 6.61 Å². The summed E-state index contributed by atoms with van der Waals surface area (Å²) in [6.45, 7) is 1.65. The summed E-state index contributed by atoms with van der Waals surface area (Å²) in [5, 5.41) is 4.78.